The van der Waals surface area contributed by atoms with Crippen LogP contribution in [0.2, 0.25) is 0 Å². The predicted octanol–water partition coefficient (Wildman–Crippen LogP) is 1.07. The Hall–Kier alpha value is -1.06. The second-order valence-corrected chi connectivity index (χ2v) is 4.68. The number of hydrogen-bond donors (Lipinski definition) is 1. The van der Waals surface area contributed by atoms with Gasteiger partial charge in [0.05, 0.1) is 6.04 Å². The summed E-state index contributed by atoms with van der Waals surface area (Å²) in [5, 5.41) is 0. The molecule has 0 aromatic heterocycles. The number of nitrogens with zero attached hydrogens (tertiary/aromatic N) is 2. The Morgan fingerprint density at radius 3 is 2.56 bits per heavy atom. The van der Waals surface area contributed by atoms with Crippen LogP contribution in [0.15, 0.2) is 24.3 Å². The molecule has 0 saturated carbocycles. The van der Waals surface area contributed by atoms with Gasteiger partial charge in [-0.1, -0.05) is 17.7 Å². The monoisotopic (exact) mass is 219 g/mol. The zero-order valence-electron chi connectivity index (χ0n) is 10.2. The molecule has 0 spiro atoms. The molecule has 1 aliphatic rings. The topological polar surface area (TPSA) is 32.5 Å². The molecule has 2 rings (SSSR count). The van der Waals surface area contributed by atoms with Gasteiger partial charge in [-0.3, -0.25) is 0 Å². The molecule has 0 amide bonds. The number of rotatable bonds is 2. The predicted molar refractivity (Wildman–Crippen MR) is 68.9 cm³/mol. The third kappa shape index (κ3) is 2.36. The molecule has 1 saturated heterocycles. The Bertz CT molecular complexity index is 334. The molecule has 1 fully saturated rings. The summed E-state index contributed by atoms with van der Waals surface area (Å²) in [6.07, 6.45) is 0. The molecule has 2 N–H and O–H groups in total. The van der Waals surface area contributed by atoms with Gasteiger partial charge in [0.25, 0.3) is 0 Å². The molecule has 1 atom stereocenters. The fourth-order valence-corrected chi connectivity index (χ4v) is 2.29. The van der Waals surface area contributed by atoms with Crippen LogP contribution in [-0.2, 0) is 0 Å². The van der Waals surface area contributed by atoms with Crippen molar-refractivity contribution in [3.8, 4) is 0 Å². The van der Waals surface area contributed by atoms with Crippen LogP contribution in [0.3, 0.4) is 0 Å². The summed E-state index contributed by atoms with van der Waals surface area (Å²) in [7, 11) is 2.16. The Balaban J connectivity index is 2.15. The summed E-state index contributed by atoms with van der Waals surface area (Å²) in [6.45, 7) is 6.09. The summed E-state index contributed by atoms with van der Waals surface area (Å²) in [5.74, 6) is 0. The van der Waals surface area contributed by atoms with Crippen LogP contribution in [-0.4, -0.2) is 44.2 Å². The van der Waals surface area contributed by atoms with Crippen molar-refractivity contribution in [2.75, 3.05) is 38.1 Å². The van der Waals surface area contributed by atoms with Gasteiger partial charge in [-0.25, -0.2) is 0 Å². The van der Waals surface area contributed by atoms with Crippen LogP contribution in [0, 0.1) is 6.92 Å². The van der Waals surface area contributed by atoms with Crippen molar-refractivity contribution < 1.29 is 0 Å². The third-order valence-electron chi connectivity index (χ3n) is 3.32. The Morgan fingerprint density at radius 1 is 1.25 bits per heavy atom. The molecule has 3 heteroatoms. The first-order valence-corrected chi connectivity index (χ1v) is 5.92. The lowest BCUT2D eigenvalue weighted by Gasteiger charge is -2.41. The highest BCUT2D eigenvalue weighted by molar-refractivity contribution is 5.49. The van der Waals surface area contributed by atoms with Gasteiger partial charge < -0.3 is 15.5 Å². The van der Waals surface area contributed by atoms with E-state index in [2.05, 4.69) is 48.0 Å². The van der Waals surface area contributed by atoms with Gasteiger partial charge in [-0.15, -0.1) is 0 Å². The van der Waals surface area contributed by atoms with Crippen LogP contribution in [0.25, 0.3) is 0 Å². The SMILES string of the molecule is Cc1ccc(N2CCN(C)CC2CN)cc1. The summed E-state index contributed by atoms with van der Waals surface area (Å²) in [6, 6.07) is 9.18. The van der Waals surface area contributed by atoms with Crippen molar-refractivity contribution in [1.29, 1.82) is 0 Å². The summed E-state index contributed by atoms with van der Waals surface area (Å²) in [4.78, 5) is 4.78. The van der Waals surface area contributed by atoms with Gasteiger partial charge in [-0.05, 0) is 26.1 Å². The van der Waals surface area contributed by atoms with Crippen molar-refractivity contribution in [3.63, 3.8) is 0 Å². The van der Waals surface area contributed by atoms with Gasteiger partial charge in [0.2, 0.25) is 0 Å². The lowest BCUT2D eigenvalue weighted by atomic mass is 10.1. The van der Waals surface area contributed by atoms with Crippen molar-refractivity contribution >= 4 is 5.69 Å². The molecule has 88 valence electrons. The van der Waals surface area contributed by atoms with Crippen LogP contribution in [0.1, 0.15) is 5.56 Å². The van der Waals surface area contributed by atoms with E-state index < -0.39 is 0 Å². The number of benzene rings is 1. The Kier molecular flexibility index (Phi) is 3.46. The van der Waals surface area contributed by atoms with Crippen molar-refractivity contribution in [1.82, 2.24) is 4.90 Å². The number of likely N-dealkylation sites (N-methyl/N-ethyl adjacent to an activating group) is 1. The van der Waals surface area contributed by atoms with E-state index in [1.54, 1.807) is 0 Å². The first-order chi connectivity index (χ1) is 7.70. The Morgan fingerprint density at radius 2 is 1.94 bits per heavy atom. The summed E-state index contributed by atoms with van der Waals surface area (Å²) in [5.41, 5.74) is 8.46. The number of anilines is 1. The van der Waals surface area contributed by atoms with E-state index in [0.717, 1.165) is 26.2 Å². The van der Waals surface area contributed by atoms with Crippen LogP contribution < -0.4 is 10.6 Å². The first-order valence-electron chi connectivity index (χ1n) is 5.92. The number of aryl methyl sites for hydroxylation is 1. The minimum atomic E-state index is 0.446. The summed E-state index contributed by atoms with van der Waals surface area (Å²) < 4.78 is 0. The molecule has 1 heterocycles. The molecule has 0 radical (unpaired) electrons. The molecule has 0 aliphatic carbocycles. The summed E-state index contributed by atoms with van der Waals surface area (Å²) >= 11 is 0. The van der Waals surface area contributed by atoms with E-state index in [4.69, 9.17) is 5.73 Å². The molecule has 3 nitrogen and oxygen atoms in total. The molecule has 1 aromatic carbocycles. The normalized spacial score (nSPS) is 22.4. The minimum absolute atomic E-state index is 0.446. The fourth-order valence-electron chi connectivity index (χ4n) is 2.29. The van der Waals surface area contributed by atoms with Crippen LogP contribution >= 0.6 is 0 Å². The van der Waals surface area contributed by atoms with Gasteiger partial charge in [0.1, 0.15) is 0 Å². The first kappa shape index (κ1) is 11.4. The van der Waals surface area contributed by atoms with Crippen LogP contribution in [0.4, 0.5) is 5.69 Å². The minimum Gasteiger partial charge on any atom is -0.365 e. The molecule has 16 heavy (non-hydrogen) atoms. The van der Waals surface area contributed by atoms with E-state index in [0.29, 0.717) is 6.04 Å². The van der Waals surface area contributed by atoms with E-state index in [1.165, 1.54) is 11.3 Å². The highest BCUT2D eigenvalue weighted by Gasteiger charge is 2.23. The molecule has 1 aliphatic heterocycles. The van der Waals surface area contributed by atoms with Gasteiger partial charge in [0.15, 0.2) is 0 Å². The largest absolute Gasteiger partial charge is 0.365 e. The van der Waals surface area contributed by atoms with Crippen molar-refractivity contribution in [2.24, 2.45) is 5.73 Å². The lowest BCUT2D eigenvalue weighted by Crippen LogP contribution is -2.55. The van der Waals surface area contributed by atoms with Gasteiger partial charge in [-0.2, -0.15) is 0 Å². The zero-order chi connectivity index (χ0) is 11.5. The van der Waals surface area contributed by atoms with E-state index >= 15 is 0 Å². The third-order valence-corrected chi connectivity index (χ3v) is 3.32. The standard InChI is InChI=1S/C13H21N3/c1-11-3-5-12(6-4-11)16-8-7-15(2)10-13(16)9-14/h3-6,13H,7-10,14H2,1-2H3. The van der Waals surface area contributed by atoms with E-state index in [1.807, 2.05) is 0 Å². The van der Waals surface area contributed by atoms with Crippen molar-refractivity contribution in [2.45, 2.75) is 13.0 Å². The number of nitrogens with two attached hydrogens (primary N) is 1. The van der Waals surface area contributed by atoms with E-state index in [9.17, 15) is 0 Å². The molecular formula is C13H21N3. The second kappa shape index (κ2) is 4.85. The molecule has 1 unspecified atom stereocenters. The van der Waals surface area contributed by atoms with Gasteiger partial charge in [0, 0.05) is 31.9 Å². The Labute approximate surface area is 97.8 Å². The van der Waals surface area contributed by atoms with Crippen molar-refractivity contribution in [3.05, 3.63) is 29.8 Å². The highest BCUT2D eigenvalue weighted by atomic mass is 15.3. The number of hydrogen-bond acceptors (Lipinski definition) is 3. The smallest absolute Gasteiger partial charge is 0.0539 e. The maximum Gasteiger partial charge on any atom is 0.0539 e. The average Bonchev–Trinajstić information content (AvgIpc) is 2.30. The quantitative estimate of drug-likeness (QED) is 0.807. The average molecular weight is 219 g/mol. The maximum absolute atomic E-state index is 5.85. The second-order valence-electron chi connectivity index (χ2n) is 4.68. The molecule has 0 bridgehead atoms. The highest BCUT2D eigenvalue weighted by Crippen LogP contribution is 2.20. The zero-order valence-corrected chi connectivity index (χ0v) is 10.2. The lowest BCUT2D eigenvalue weighted by molar-refractivity contribution is 0.270. The molecular weight excluding hydrogens is 198 g/mol. The van der Waals surface area contributed by atoms with Gasteiger partial charge >= 0.3 is 0 Å². The van der Waals surface area contributed by atoms with Crippen LogP contribution in [0.5, 0.6) is 0 Å². The number of piperazine rings is 1. The maximum atomic E-state index is 5.85. The van der Waals surface area contributed by atoms with E-state index in [-0.39, 0.29) is 0 Å². The fraction of sp³-hybridized carbons (Fsp3) is 0.538. The molecule has 1 aromatic rings.